The molecule has 0 unspecified atom stereocenters. The Balaban J connectivity index is 0.000000463. The van der Waals surface area contributed by atoms with Crippen LogP contribution >= 0.6 is 0 Å². The smallest absolute Gasteiger partial charge is 0.303 e. The molecule has 0 bridgehead atoms. The number of piperidine rings is 1. The Morgan fingerprint density at radius 3 is 1.58 bits per heavy atom. The third-order valence-corrected chi connectivity index (χ3v) is 4.77. The number of hydrogen-bond acceptors (Lipinski definition) is 2. The molecule has 1 rings (SSSR count). The van der Waals surface area contributed by atoms with Gasteiger partial charge in [-0.05, 0) is 53.4 Å². The number of hydrogen-bond donors (Lipinski definition) is 2. The topological polar surface area (TPSA) is 49.3 Å². The highest BCUT2D eigenvalue weighted by Gasteiger charge is 2.31. The summed E-state index contributed by atoms with van der Waals surface area (Å²) in [7, 11) is 0. The second-order valence-corrected chi connectivity index (χ2v) is 8.72. The molecule has 0 aliphatic carbocycles. The van der Waals surface area contributed by atoms with Gasteiger partial charge in [0.1, 0.15) is 0 Å². The molecular weight excluding hydrogens is 298 g/mol. The number of carboxylic acid groups (broad SMARTS) is 1. The predicted molar refractivity (Wildman–Crippen MR) is 105 cm³/mol. The van der Waals surface area contributed by atoms with Crippen molar-refractivity contribution in [1.29, 1.82) is 0 Å². The first-order chi connectivity index (χ1) is 11.2. The van der Waals surface area contributed by atoms with Crippen LogP contribution in [-0.2, 0) is 4.79 Å². The minimum atomic E-state index is -0.659. The maximum atomic E-state index is 10.2. The maximum absolute atomic E-state index is 10.2. The average Bonchev–Trinajstić information content (AvgIpc) is 2.43. The van der Waals surface area contributed by atoms with Crippen LogP contribution in [0.4, 0.5) is 0 Å². The van der Waals surface area contributed by atoms with E-state index in [0.29, 0.717) is 17.5 Å². The van der Waals surface area contributed by atoms with Crippen molar-refractivity contribution >= 4 is 5.97 Å². The first-order valence-corrected chi connectivity index (χ1v) is 10.2. The van der Waals surface area contributed by atoms with Crippen molar-refractivity contribution in [2.75, 3.05) is 0 Å². The fraction of sp³-hybridized carbons (Fsp3) is 0.952. The molecule has 1 heterocycles. The van der Waals surface area contributed by atoms with Crippen LogP contribution in [0.25, 0.3) is 0 Å². The Hall–Kier alpha value is -0.570. The van der Waals surface area contributed by atoms with Crippen molar-refractivity contribution in [3.8, 4) is 0 Å². The van der Waals surface area contributed by atoms with Gasteiger partial charge in [-0.25, -0.2) is 0 Å². The minimum Gasteiger partial charge on any atom is -0.481 e. The van der Waals surface area contributed by atoms with Crippen LogP contribution in [0.2, 0.25) is 0 Å². The second kappa shape index (κ2) is 12.7. The Morgan fingerprint density at radius 2 is 1.25 bits per heavy atom. The molecule has 24 heavy (non-hydrogen) atoms. The van der Waals surface area contributed by atoms with Gasteiger partial charge in [0.2, 0.25) is 0 Å². The molecule has 0 amide bonds. The quantitative estimate of drug-likeness (QED) is 0.458. The van der Waals surface area contributed by atoms with Gasteiger partial charge < -0.3 is 10.4 Å². The van der Waals surface area contributed by atoms with E-state index in [0.717, 1.165) is 12.8 Å². The number of unbranched alkanes of at least 4 members (excludes halogenated alkanes) is 8. The zero-order chi connectivity index (χ0) is 18.5. The van der Waals surface area contributed by atoms with Crippen LogP contribution in [-0.4, -0.2) is 22.2 Å². The maximum Gasteiger partial charge on any atom is 0.303 e. The Labute approximate surface area is 151 Å². The van der Waals surface area contributed by atoms with Crippen molar-refractivity contribution < 1.29 is 9.90 Å². The minimum absolute atomic E-state index is 0.343. The van der Waals surface area contributed by atoms with Gasteiger partial charge in [-0.2, -0.15) is 0 Å². The molecule has 0 aromatic rings. The van der Waals surface area contributed by atoms with E-state index in [4.69, 9.17) is 5.11 Å². The number of carboxylic acids is 1. The normalized spacial score (nSPS) is 18.5. The standard InChI is InChI=1S/C12H24O2.C9H19N/c1-2-3-4-5-6-7-8-9-10-11-12(13)14;1-8(2)6-5-7-9(3,4)10-8/h2-11H2,1H3,(H,13,14);10H,5-7H2,1-4H3. The van der Waals surface area contributed by atoms with E-state index < -0.39 is 5.97 Å². The van der Waals surface area contributed by atoms with Crippen LogP contribution < -0.4 is 5.32 Å². The summed E-state index contributed by atoms with van der Waals surface area (Å²) in [6.45, 7) is 11.4. The summed E-state index contributed by atoms with van der Waals surface area (Å²) in [5.41, 5.74) is 0.726. The highest BCUT2D eigenvalue weighted by atomic mass is 16.4. The van der Waals surface area contributed by atoms with Crippen LogP contribution in [0.3, 0.4) is 0 Å². The molecule has 0 aromatic carbocycles. The molecule has 1 fully saturated rings. The molecule has 1 aliphatic heterocycles. The van der Waals surface area contributed by atoms with Gasteiger partial charge in [0.25, 0.3) is 0 Å². The fourth-order valence-electron chi connectivity index (χ4n) is 3.60. The largest absolute Gasteiger partial charge is 0.481 e. The Bertz CT molecular complexity index is 310. The lowest BCUT2D eigenvalue weighted by Gasteiger charge is -2.42. The molecule has 0 aromatic heterocycles. The SMILES string of the molecule is CC1(C)CCCC(C)(C)N1.CCCCCCCCCCCC(=O)O. The van der Waals surface area contributed by atoms with E-state index in [1.54, 1.807) is 0 Å². The summed E-state index contributed by atoms with van der Waals surface area (Å²) >= 11 is 0. The number of aliphatic carboxylic acids is 1. The molecule has 2 N–H and O–H groups in total. The van der Waals surface area contributed by atoms with Crippen molar-refractivity contribution in [3.05, 3.63) is 0 Å². The van der Waals surface area contributed by atoms with Crippen molar-refractivity contribution in [1.82, 2.24) is 5.32 Å². The summed E-state index contributed by atoms with van der Waals surface area (Å²) in [5.74, 6) is -0.659. The van der Waals surface area contributed by atoms with Crippen LogP contribution in [0.5, 0.6) is 0 Å². The van der Waals surface area contributed by atoms with E-state index in [-0.39, 0.29) is 0 Å². The van der Waals surface area contributed by atoms with Gasteiger partial charge in [-0.1, -0.05) is 58.3 Å². The van der Waals surface area contributed by atoms with Gasteiger partial charge in [-0.3, -0.25) is 4.79 Å². The predicted octanol–water partition coefficient (Wildman–Crippen LogP) is 6.31. The lowest BCUT2D eigenvalue weighted by molar-refractivity contribution is -0.137. The van der Waals surface area contributed by atoms with Gasteiger partial charge in [0.05, 0.1) is 0 Å². The van der Waals surface area contributed by atoms with Crippen molar-refractivity contribution in [2.45, 2.75) is 129 Å². The zero-order valence-corrected chi connectivity index (χ0v) is 17.0. The van der Waals surface area contributed by atoms with Gasteiger partial charge in [-0.15, -0.1) is 0 Å². The van der Waals surface area contributed by atoms with E-state index in [1.165, 1.54) is 64.2 Å². The first kappa shape index (κ1) is 23.4. The molecule has 0 radical (unpaired) electrons. The van der Waals surface area contributed by atoms with Crippen molar-refractivity contribution in [2.24, 2.45) is 0 Å². The molecular formula is C21H43NO2. The van der Waals surface area contributed by atoms with Crippen LogP contribution in [0.1, 0.15) is 118 Å². The Kier molecular flexibility index (Phi) is 12.4. The monoisotopic (exact) mass is 341 g/mol. The molecule has 1 aliphatic rings. The lowest BCUT2D eigenvalue weighted by Crippen LogP contribution is -2.55. The Morgan fingerprint density at radius 1 is 0.833 bits per heavy atom. The number of rotatable bonds is 10. The second-order valence-electron chi connectivity index (χ2n) is 8.72. The first-order valence-electron chi connectivity index (χ1n) is 10.2. The van der Waals surface area contributed by atoms with Gasteiger partial charge in [0, 0.05) is 17.5 Å². The van der Waals surface area contributed by atoms with Crippen LogP contribution in [0, 0.1) is 0 Å². The summed E-state index contributed by atoms with van der Waals surface area (Å²) in [4.78, 5) is 10.2. The summed E-state index contributed by atoms with van der Waals surface area (Å²) in [6, 6.07) is 0. The van der Waals surface area contributed by atoms with E-state index in [9.17, 15) is 4.79 Å². The van der Waals surface area contributed by atoms with Crippen molar-refractivity contribution in [3.63, 3.8) is 0 Å². The summed E-state index contributed by atoms with van der Waals surface area (Å²) < 4.78 is 0. The highest BCUT2D eigenvalue weighted by Crippen LogP contribution is 2.27. The third kappa shape index (κ3) is 15.0. The van der Waals surface area contributed by atoms with Gasteiger partial charge >= 0.3 is 5.97 Å². The highest BCUT2D eigenvalue weighted by molar-refractivity contribution is 5.66. The summed E-state index contributed by atoms with van der Waals surface area (Å²) in [5, 5.41) is 12.0. The molecule has 0 atom stereocenters. The van der Waals surface area contributed by atoms with E-state index in [2.05, 4.69) is 39.9 Å². The summed E-state index contributed by atoms with van der Waals surface area (Å²) in [6.07, 6.45) is 15.5. The van der Waals surface area contributed by atoms with Crippen LogP contribution in [0.15, 0.2) is 0 Å². The molecule has 3 nitrogen and oxygen atoms in total. The lowest BCUT2D eigenvalue weighted by atomic mass is 9.83. The molecule has 1 saturated heterocycles. The molecule has 3 heteroatoms. The zero-order valence-electron chi connectivity index (χ0n) is 17.0. The van der Waals surface area contributed by atoms with E-state index in [1.807, 2.05) is 0 Å². The third-order valence-electron chi connectivity index (χ3n) is 4.77. The average molecular weight is 342 g/mol. The molecule has 144 valence electrons. The molecule has 0 saturated carbocycles. The number of carbonyl (C=O) groups is 1. The fourth-order valence-corrected chi connectivity index (χ4v) is 3.60. The number of nitrogens with one attached hydrogen (secondary N) is 1. The molecule has 0 spiro atoms. The van der Waals surface area contributed by atoms with E-state index >= 15 is 0 Å². The van der Waals surface area contributed by atoms with Gasteiger partial charge in [0.15, 0.2) is 0 Å².